The molecule has 0 saturated heterocycles. The Kier molecular flexibility index (Phi) is 6.68. The van der Waals surface area contributed by atoms with Crippen LogP contribution < -0.4 is 0 Å². The Morgan fingerprint density at radius 1 is 0.380 bits per heavy atom. The van der Waals surface area contributed by atoms with Gasteiger partial charge < -0.3 is 4.57 Å². The molecule has 3 aromatic heterocycles. The van der Waals surface area contributed by atoms with Crippen LogP contribution in [0, 0.1) is 0 Å². The Balaban J connectivity index is 1.13. The molecule has 10 rings (SSSR count). The van der Waals surface area contributed by atoms with E-state index < -0.39 is 0 Å². The Labute approximate surface area is 293 Å². The molecule has 0 aliphatic rings. The first kappa shape index (κ1) is 28.6. The summed E-state index contributed by atoms with van der Waals surface area (Å²) in [5.74, 6) is 0.718. The van der Waals surface area contributed by atoms with E-state index >= 15 is 0 Å². The zero-order valence-electron chi connectivity index (χ0n) is 27.0. The molecule has 0 unspecified atom stereocenters. The molecular weight excluding hydrogens is 627 g/mol. The quantitative estimate of drug-likeness (QED) is 0.185. The first-order valence-electron chi connectivity index (χ1n) is 16.8. The Morgan fingerprint density at radius 2 is 0.920 bits per heavy atom. The van der Waals surface area contributed by atoms with Gasteiger partial charge in [0.05, 0.1) is 28.1 Å². The average Bonchev–Trinajstić information content (AvgIpc) is 3.74. The summed E-state index contributed by atoms with van der Waals surface area (Å²) in [5.41, 5.74) is 10.9. The van der Waals surface area contributed by atoms with Crippen LogP contribution in [0.5, 0.6) is 0 Å². The van der Waals surface area contributed by atoms with Crippen LogP contribution in [-0.2, 0) is 0 Å². The molecule has 3 nitrogen and oxygen atoms in total. The van der Waals surface area contributed by atoms with Crippen molar-refractivity contribution in [3.05, 3.63) is 176 Å². The van der Waals surface area contributed by atoms with E-state index in [0.29, 0.717) is 0 Å². The van der Waals surface area contributed by atoms with Crippen molar-refractivity contribution in [2.45, 2.75) is 0 Å². The van der Waals surface area contributed by atoms with Crippen LogP contribution in [0.3, 0.4) is 0 Å². The van der Waals surface area contributed by atoms with Gasteiger partial charge in [-0.05, 0) is 47.5 Å². The number of hydrogen-bond donors (Lipinski definition) is 0. The van der Waals surface area contributed by atoms with Crippen molar-refractivity contribution < 1.29 is 0 Å². The molecule has 0 aliphatic heterocycles. The minimum atomic E-state index is 0.718. The molecule has 0 saturated carbocycles. The van der Waals surface area contributed by atoms with E-state index in [0.717, 1.165) is 33.9 Å². The molecule has 0 amide bonds. The zero-order valence-corrected chi connectivity index (χ0v) is 27.8. The summed E-state index contributed by atoms with van der Waals surface area (Å²) in [6.45, 7) is 0. The maximum absolute atomic E-state index is 5.18. The molecule has 10 aromatic rings. The third-order valence-corrected chi connectivity index (χ3v) is 10.8. The molecular formula is C46H29N3S. The second-order valence-electron chi connectivity index (χ2n) is 12.6. The largest absolute Gasteiger partial charge is 0.309 e. The molecule has 50 heavy (non-hydrogen) atoms. The molecule has 0 bridgehead atoms. The standard InChI is InChI=1S/C46H29N3S/c1-3-12-30(13-4-1)31-22-24-33(25-23-31)39-29-38(32-14-5-2-6-15-32)47-46(48-39)34-26-27-37-44(28-34)50-43-21-11-20-42(45(37)43)49-40-18-9-7-16-35(40)36-17-8-10-19-41(36)49/h1-29H. The van der Waals surface area contributed by atoms with Gasteiger partial charge in [0.25, 0.3) is 0 Å². The van der Waals surface area contributed by atoms with Crippen molar-refractivity contribution in [3.8, 4) is 50.7 Å². The highest BCUT2D eigenvalue weighted by atomic mass is 32.1. The molecule has 0 N–H and O–H groups in total. The lowest BCUT2D eigenvalue weighted by Gasteiger charge is -2.11. The van der Waals surface area contributed by atoms with Crippen LogP contribution in [0.25, 0.3) is 92.7 Å². The topological polar surface area (TPSA) is 30.7 Å². The van der Waals surface area contributed by atoms with Crippen LogP contribution in [-0.4, -0.2) is 14.5 Å². The Bertz CT molecular complexity index is 2800. The number of rotatable bonds is 5. The highest BCUT2D eigenvalue weighted by molar-refractivity contribution is 7.26. The zero-order chi connectivity index (χ0) is 33.0. The predicted molar refractivity (Wildman–Crippen MR) is 211 cm³/mol. The van der Waals surface area contributed by atoms with Gasteiger partial charge in [-0.2, -0.15) is 0 Å². The van der Waals surface area contributed by atoms with Gasteiger partial charge in [0.1, 0.15) is 0 Å². The first-order chi connectivity index (χ1) is 24.8. The fraction of sp³-hybridized carbons (Fsp3) is 0. The maximum Gasteiger partial charge on any atom is 0.160 e. The molecule has 0 atom stereocenters. The minimum absolute atomic E-state index is 0.718. The summed E-state index contributed by atoms with van der Waals surface area (Å²) in [6.07, 6.45) is 0. The maximum atomic E-state index is 5.18. The van der Waals surface area contributed by atoms with Crippen LogP contribution in [0.2, 0.25) is 0 Å². The molecule has 234 valence electrons. The lowest BCUT2D eigenvalue weighted by molar-refractivity contribution is 1.18. The van der Waals surface area contributed by atoms with Gasteiger partial charge in [-0.1, -0.05) is 140 Å². The van der Waals surface area contributed by atoms with Gasteiger partial charge in [0.15, 0.2) is 5.82 Å². The van der Waals surface area contributed by atoms with Gasteiger partial charge in [0.2, 0.25) is 0 Å². The third-order valence-electron chi connectivity index (χ3n) is 9.64. The summed E-state index contributed by atoms with van der Waals surface area (Å²) in [6, 6.07) is 62.4. The number of para-hydroxylation sites is 2. The smallest absolute Gasteiger partial charge is 0.160 e. The van der Waals surface area contributed by atoms with E-state index in [-0.39, 0.29) is 0 Å². The Morgan fingerprint density at radius 3 is 1.60 bits per heavy atom. The number of nitrogens with zero attached hydrogens (tertiary/aromatic N) is 3. The highest BCUT2D eigenvalue weighted by Gasteiger charge is 2.18. The average molecular weight is 656 g/mol. The van der Waals surface area contributed by atoms with Crippen LogP contribution in [0.15, 0.2) is 176 Å². The monoisotopic (exact) mass is 655 g/mol. The lowest BCUT2D eigenvalue weighted by atomic mass is 10.0. The van der Waals surface area contributed by atoms with E-state index in [9.17, 15) is 0 Å². The fourth-order valence-corrected chi connectivity index (χ4v) is 8.43. The molecule has 0 spiro atoms. The lowest BCUT2D eigenvalue weighted by Crippen LogP contribution is -1.96. The van der Waals surface area contributed by atoms with Crippen LogP contribution in [0.1, 0.15) is 0 Å². The number of thiophene rings is 1. The molecule has 3 heterocycles. The summed E-state index contributed by atoms with van der Waals surface area (Å²) >= 11 is 1.82. The molecule has 0 fully saturated rings. The van der Waals surface area contributed by atoms with E-state index in [1.54, 1.807) is 0 Å². The minimum Gasteiger partial charge on any atom is -0.309 e. The van der Waals surface area contributed by atoms with Crippen molar-refractivity contribution in [3.63, 3.8) is 0 Å². The van der Waals surface area contributed by atoms with Crippen LogP contribution in [0.4, 0.5) is 0 Å². The number of hydrogen-bond acceptors (Lipinski definition) is 3. The first-order valence-corrected chi connectivity index (χ1v) is 17.6. The van der Waals surface area contributed by atoms with Crippen LogP contribution >= 0.6 is 11.3 Å². The summed E-state index contributed by atoms with van der Waals surface area (Å²) in [5, 5.41) is 5.04. The number of aromatic nitrogens is 3. The highest BCUT2D eigenvalue weighted by Crippen LogP contribution is 2.42. The molecule has 0 aliphatic carbocycles. The van der Waals surface area contributed by atoms with Crippen molar-refractivity contribution in [2.75, 3.05) is 0 Å². The summed E-state index contributed by atoms with van der Waals surface area (Å²) in [4.78, 5) is 10.3. The van der Waals surface area contributed by atoms with Gasteiger partial charge in [-0.15, -0.1) is 11.3 Å². The van der Waals surface area contributed by atoms with E-state index in [4.69, 9.17) is 9.97 Å². The van der Waals surface area contributed by atoms with Crippen molar-refractivity contribution >= 4 is 53.3 Å². The Hall–Kier alpha value is -6.36. The van der Waals surface area contributed by atoms with E-state index in [1.165, 1.54) is 58.8 Å². The number of benzene rings is 7. The van der Waals surface area contributed by atoms with E-state index in [2.05, 4.69) is 168 Å². The third kappa shape index (κ3) is 4.73. The van der Waals surface area contributed by atoms with Gasteiger partial charge in [0, 0.05) is 47.6 Å². The molecule has 0 radical (unpaired) electrons. The summed E-state index contributed by atoms with van der Waals surface area (Å²) in [7, 11) is 0. The molecule has 7 aromatic carbocycles. The molecule has 4 heteroatoms. The van der Waals surface area contributed by atoms with Crippen molar-refractivity contribution in [2.24, 2.45) is 0 Å². The summed E-state index contributed by atoms with van der Waals surface area (Å²) < 4.78 is 4.90. The number of fused-ring (bicyclic) bond motifs is 6. The second kappa shape index (κ2) is 11.7. The SMILES string of the molecule is c1ccc(-c2ccc(-c3cc(-c4ccccc4)nc(-c4ccc5c(c4)sc4cccc(-n6c7ccccc7c7ccccc76)c45)n3)cc2)cc1. The fourth-order valence-electron chi connectivity index (χ4n) is 7.26. The predicted octanol–water partition coefficient (Wildman–Crippen LogP) is 12.6. The second-order valence-corrected chi connectivity index (χ2v) is 13.7. The van der Waals surface area contributed by atoms with Crippen molar-refractivity contribution in [1.29, 1.82) is 0 Å². The van der Waals surface area contributed by atoms with E-state index in [1.807, 2.05) is 23.5 Å². The van der Waals surface area contributed by atoms with Gasteiger partial charge in [-0.25, -0.2) is 9.97 Å². The van der Waals surface area contributed by atoms with Gasteiger partial charge in [-0.3, -0.25) is 0 Å². The normalized spacial score (nSPS) is 11.6. The van der Waals surface area contributed by atoms with Gasteiger partial charge >= 0.3 is 0 Å². The van der Waals surface area contributed by atoms with Crippen molar-refractivity contribution in [1.82, 2.24) is 14.5 Å².